The maximum atomic E-state index is 13.3. The van der Waals surface area contributed by atoms with E-state index < -0.39 is 5.97 Å². The number of ether oxygens (including phenoxy) is 1. The van der Waals surface area contributed by atoms with Crippen LogP contribution in [0.3, 0.4) is 0 Å². The van der Waals surface area contributed by atoms with Crippen molar-refractivity contribution in [3.63, 3.8) is 0 Å². The molecule has 1 aromatic heterocycles. The van der Waals surface area contributed by atoms with Gasteiger partial charge in [-0.15, -0.1) is 0 Å². The number of aliphatic carboxylic acids is 1. The van der Waals surface area contributed by atoms with E-state index in [4.69, 9.17) is 21.4 Å². The molecular weight excluding hydrogens is 488 g/mol. The molecule has 0 saturated carbocycles. The third-order valence-corrected chi connectivity index (χ3v) is 5.72. The zero-order valence-electron chi connectivity index (χ0n) is 16.9. The van der Waals surface area contributed by atoms with Crippen LogP contribution in [0.25, 0.3) is 10.9 Å². The third kappa shape index (κ3) is 4.91. The molecule has 1 amide bonds. The van der Waals surface area contributed by atoms with Gasteiger partial charge in [-0.2, -0.15) is 0 Å². The Hall–Kier alpha value is -2.84. The maximum absolute atomic E-state index is 13.3. The standard InChI is InChI=1S/C22H20BrClN2O5/c1-12-15(10-20(27)25-8-7-21(28)29)16-9-19(31-2)17(24)11-18(16)26(12)22(30)13-3-5-14(23)6-4-13/h3-6,9,11H,7-8,10H2,1-2H3,(H,25,27)(H,28,29). The molecule has 0 saturated heterocycles. The van der Waals surface area contributed by atoms with Crippen LogP contribution < -0.4 is 10.1 Å². The molecule has 0 spiro atoms. The summed E-state index contributed by atoms with van der Waals surface area (Å²) in [6, 6.07) is 10.3. The Kier molecular flexibility index (Phi) is 7.02. The Balaban J connectivity index is 2.08. The van der Waals surface area contributed by atoms with Crippen LogP contribution in [0.1, 0.15) is 28.0 Å². The second kappa shape index (κ2) is 9.53. The second-order valence-electron chi connectivity index (χ2n) is 6.89. The first-order valence-corrected chi connectivity index (χ1v) is 10.6. The molecule has 0 fully saturated rings. The molecule has 9 heteroatoms. The minimum atomic E-state index is -0.993. The van der Waals surface area contributed by atoms with Crippen LogP contribution in [0.15, 0.2) is 40.9 Å². The predicted octanol–water partition coefficient (Wildman–Crippen LogP) is 4.20. The number of amides is 1. The zero-order valence-corrected chi connectivity index (χ0v) is 19.2. The summed E-state index contributed by atoms with van der Waals surface area (Å²) in [4.78, 5) is 36.4. The number of methoxy groups -OCH3 is 1. The number of halogens is 2. The van der Waals surface area contributed by atoms with Gasteiger partial charge in [-0.3, -0.25) is 19.0 Å². The van der Waals surface area contributed by atoms with Crippen LogP contribution in [0.2, 0.25) is 5.02 Å². The van der Waals surface area contributed by atoms with Crippen molar-refractivity contribution in [3.05, 3.63) is 62.7 Å². The lowest BCUT2D eigenvalue weighted by atomic mass is 10.1. The summed E-state index contributed by atoms with van der Waals surface area (Å²) in [6.45, 7) is 1.79. The summed E-state index contributed by atoms with van der Waals surface area (Å²) in [5, 5.41) is 12.4. The molecule has 31 heavy (non-hydrogen) atoms. The van der Waals surface area contributed by atoms with Gasteiger partial charge < -0.3 is 15.2 Å². The molecule has 0 atom stereocenters. The molecule has 0 radical (unpaired) electrons. The van der Waals surface area contributed by atoms with Crippen LogP contribution in [0.4, 0.5) is 0 Å². The number of hydrogen-bond donors (Lipinski definition) is 2. The first-order valence-electron chi connectivity index (χ1n) is 9.39. The fourth-order valence-electron chi connectivity index (χ4n) is 3.37. The van der Waals surface area contributed by atoms with Crippen LogP contribution in [-0.4, -0.2) is 41.1 Å². The van der Waals surface area contributed by atoms with E-state index in [9.17, 15) is 14.4 Å². The van der Waals surface area contributed by atoms with E-state index in [1.807, 2.05) is 0 Å². The topological polar surface area (TPSA) is 97.6 Å². The molecule has 0 aliphatic rings. The number of hydrogen-bond acceptors (Lipinski definition) is 4. The number of carbonyl (C=O) groups excluding carboxylic acids is 2. The van der Waals surface area contributed by atoms with Gasteiger partial charge >= 0.3 is 5.97 Å². The van der Waals surface area contributed by atoms with Gasteiger partial charge in [0, 0.05) is 27.7 Å². The summed E-state index contributed by atoms with van der Waals surface area (Å²) in [6.07, 6.45) is -0.189. The van der Waals surface area contributed by atoms with Gasteiger partial charge in [0.1, 0.15) is 5.75 Å². The molecule has 0 aliphatic carbocycles. The van der Waals surface area contributed by atoms with E-state index in [2.05, 4.69) is 21.2 Å². The predicted molar refractivity (Wildman–Crippen MR) is 121 cm³/mol. The molecule has 0 aliphatic heterocycles. The first kappa shape index (κ1) is 22.8. The number of rotatable bonds is 7. The van der Waals surface area contributed by atoms with Crippen molar-refractivity contribution in [1.82, 2.24) is 9.88 Å². The molecule has 0 bridgehead atoms. The van der Waals surface area contributed by atoms with Crippen molar-refractivity contribution < 1.29 is 24.2 Å². The van der Waals surface area contributed by atoms with E-state index in [-0.39, 0.29) is 31.2 Å². The highest BCUT2D eigenvalue weighted by Gasteiger charge is 2.23. The van der Waals surface area contributed by atoms with E-state index >= 15 is 0 Å². The molecule has 1 heterocycles. The molecule has 3 aromatic rings. The number of nitrogens with one attached hydrogen (secondary N) is 1. The van der Waals surface area contributed by atoms with Gasteiger partial charge in [-0.05, 0) is 48.9 Å². The lowest BCUT2D eigenvalue weighted by molar-refractivity contribution is -0.136. The molecule has 3 rings (SSSR count). The molecule has 0 unspecified atom stereocenters. The van der Waals surface area contributed by atoms with Gasteiger partial charge in [-0.1, -0.05) is 27.5 Å². The Bertz CT molecular complexity index is 1170. The smallest absolute Gasteiger partial charge is 0.305 e. The Morgan fingerprint density at radius 3 is 2.48 bits per heavy atom. The third-order valence-electron chi connectivity index (χ3n) is 4.90. The summed E-state index contributed by atoms with van der Waals surface area (Å²) < 4.78 is 7.70. The van der Waals surface area contributed by atoms with Crippen LogP contribution >= 0.6 is 27.5 Å². The Morgan fingerprint density at radius 1 is 1.19 bits per heavy atom. The highest BCUT2D eigenvalue weighted by atomic mass is 79.9. The quantitative estimate of drug-likeness (QED) is 0.500. The number of aromatic nitrogens is 1. The Labute approximate surface area is 192 Å². The van der Waals surface area contributed by atoms with Crippen LogP contribution in [-0.2, 0) is 16.0 Å². The largest absolute Gasteiger partial charge is 0.495 e. The molecule has 2 aromatic carbocycles. The van der Waals surface area contributed by atoms with Crippen LogP contribution in [0.5, 0.6) is 5.75 Å². The normalized spacial score (nSPS) is 10.8. The summed E-state index contributed by atoms with van der Waals surface area (Å²) in [5.41, 5.74) is 2.28. The fourth-order valence-corrected chi connectivity index (χ4v) is 3.87. The SMILES string of the molecule is COc1cc2c(CC(=O)NCCC(=O)O)c(C)n(C(=O)c3ccc(Br)cc3)c2cc1Cl. The number of benzene rings is 2. The summed E-state index contributed by atoms with van der Waals surface area (Å²) in [7, 11) is 1.49. The number of nitrogens with zero attached hydrogens (tertiary/aromatic N) is 1. The highest BCUT2D eigenvalue weighted by Crippen LogP contribution is 2.35. The average Bonchev–Trinajstić information content (AvgIpc) is 2.97. The highest BCUT2D eigenvalue weighted by molar-refractivity contribution is 9.10. The van der Waals surface area contributed by atoms with Gasteiger partial charge in [-0.25, -0.2) is 0 Å². The number of fused-ring (bicyclic) bond motifs is 1. The first-order chi connectivity index (χ1) is 14.7. The molecule has 2 N–H and O–H groups in total. The van der Waals surface area contributed by atoms with Gasteiger partial charge in [0.05, 0.1) is 30.5 Å². The minimum Gasteiger partial charge on any atom is -0.495 e. The van der Waals surface area contributed by atoms with Crippen molar-refractivity contribution in [1.29, 1.82) is 0 Å². The maximum Gasteiger partial charge on any atom is 0.305 e. The minimum absolute atomic E-state index is 0.0205. The summed E-state index contributed by atoms with van der Waals surface area (Å²) in [5.74, 6) is -1.16. The molecule has 162 valence electrons. The van der Waals surface area contributed by atoms with E-state index in [1.165, 1.54) is 11.7 Å². The van der Waals surface area contributed by atoms with Gasteiger partial charge in [0.15, 0.2) is 0 Å². The monoisotopic (exact) mass is 506 g/mol. The van der Waals surface area contributed by atoms with Crippen molar-refractivity contribution in [3.8, 4) is 5.75 Å². The van der Waals surface area contributed by atoms with Crippen molar-refractivity contribution in [2.45, 2.75) is 19.8 Å². The number of carbonyl (C=O) groups is 3. The van der Waals surface area contributed by atoms with Crippen molar-refractivity contribution in [2.24, 2.45) is 0 Å². The second-order valence-corrected chi connectivity index (χ2v) is 8.21. The Morgan fingerprint density at radius 2 is 1.87 bits per heavy atom. The number of carboxylic acids is 1. The molecular formula is C22H20BrClN2O5. The van der Waals surface area contributed by atoms with Gasteiger partial charge in [0.2, 0.25) is 5.91 Å². The fraction of sp³-hybridized carbons (Fsp3) is 0.227. The lowest BCUT2D eigenvalue weighted by Crippen LogP contribution is -2.27. The van der Waals surface area contributed by atoms with Crippen LogP contribution in [0, 0.1) is 6.92 Å². The van der Waals surface area contributed by atoms with Crippen molar-refractivity contribution >= 4 is 56.2 Å². The van der Waals surface area contributed by atoms with Gasteiger partial charge in [0.25, 0.3) is 5.91 Å². The van der Waals surface area contributed by atoms with E-state index in [0.717, 1.165) is 4.47 Å². The lowest BCUT2D eigenvalue weighted by Gasteiger charge is -2.09. The summed E-state index contributed by atoms with van der Waals surface area (Å²) >= 11 is 9.68. The van der Waals surface area contributed by atoms with Crippen molar-refractivity contribution in [2.75, 3.05) is 13.7 Å². The average molecular weight is 508 g/mol. The van der Waals surface area contributed by atoms with E-state index in [1.54, 1.807) is 43.3 Å². The number of carboxylic acid groups (broad SMARTS) is 1. The molecule has 7 nitrogen and oxygen atoms in total. The zero-order chi connectivity index (χ0) is 22.7. The van der Waals surface area contributed by atoms with E-state index in [0.29, 0.717) is 38.5 Å².